The van der Waals surface area contributed by atoms with Crippen molar-refractivity contribution in [2.45, 2.75) is 316 Å². The van der Waals surface area contributed by atoms with Crippen molar-refractivity contribution in [2.75, 3.05) is 119 Å². The molecule has 2 aromatic rings. The minimum absolute atomic E-state index is 0.0327. The van der Waals surface area contributed by atoms with Crippen molar-refractivity contribution in [3.63, 3.8) is 0 Å². The van der Waals surface area contributed by atoms with Gasteiger partial charge in [0.15, 0.2) is 76.4 Å². The molecule has 0 bridgehead atoms. The quantitative estimate of drug-likeness (QED) is 0.0274. The molecular weight excluding hydrogens is 2040 g/mol. The van der Waals surface area contributed by atoms with Gasteiger partial charge in [0.05, 0.1) is 84.8 Å². The predicted molar refractivity (Wildman–Crippen MR) is 478 cm³/mol. The zero-order valence-electron chi connectivity index (χ0n) is 80.7. The number of aliphatic hydroxyl groups excluding tert-OH is 27. The summed E-state index contributed by atoms with van der Waals surface area (Å²) in [5, 5.41) is 314. The fourth-order valence-corrected chi connectivity index (χ4v) is 17.7. The van der Waals surface area contributed by atoms with Gasteiger partial charge in [0, 0.05) is 46.5 Å². The smallest absolute Gasteiger partial charge is 0.335 e. The van der Waals surface area contributed by atoms with Gasteiger partial charge in [-0.15, -0.1) is 0 Å². The van der Waals surface area contributed by atoms with Crippen LogP contribution in [0.25, 0.3) is 11.1 Å². The second kappa shape index (κ2) is 57.3. The van der Waals surface area contributed by atoms with E-state index in [0.717, 1.165) is 26.8 Å². The molecule has 62 heteroatoms. The van der Waals surface area contributed by atoms with Crippen LogP contribution in [0, 0.1) is 0 Å². The van der Waals surface area contributed by atoms with E-state index in [1.807, 2.05) is 0 Å². The number of ether oxygens (including phenoxy) is 21. The van der Waals surface area contributed by atoms with Gasteiger partial charge < -0.3 is 274 Å². The van der Waals surface area contributed by atoms with Gasteiger partial charge in [-0.1, -0.05) is 0 Å². The highest BCUT2D eigenvalue weighted by atomic mass is 16.8. The van der Waals surface area contributed by atoms with E-state index in [4.69, 9.17) is 99.5 Å². The number of rotatable bonds is 50. The van der Waals surface area contributed by atoms with Crippen LogP contribution in [0.4, 0.5) is 0 Å². The Morgan fingerprint density at radius 1 is 0.260 bits per heavy atom. The van der Waals surface area contributed by atoms with Crippen molar-refractivity contribution in [1.29, 1.82) is 0 Å². The molecule has 0 spiro atoms. The molecule has 62 nitrogen and oxygen atoms in total. The minimum atomic E-state index is -2.11. The molecule has 0 unspecified atom stereocenters. The largest absolute Gasteiger partial charge is 0.484 e. The summed E-state index contributed by atoms with van der Waals surface area (Å²) in [7, 11) is 0. The van der Waals surface area contributed by atoms with E-state index in [1.54, 1.807) is 0 Å². The van der Waals surface area contributed by atoms with Crippen LogP contribution in [-0.2, 0) is 114 Å². The van der Waals surface area contributed by atoms with Crippen LogP contribution in [0.5, 0.6) is 17.2 Å². The summed E-state index contributed by atoms with van der Waals surface area (Å²) >= 11 is 0. The number of amides is 6. The first-order chi connectivity index (χ1) is 71.4. The Hall–Kier alpha value is -7.67. The molecule has 150 heavy (non-hydrogen) atoms. The summed E-state index contributed by atoms with van der Waals surface area (Å²) in [5.41, 5.74) is -0.312. The van der Waals surface area contributed by atoms with Crippen LogP contribution >= 0.6 is 0 Å². The number of aromatic carboxylic acids is 1. The van der Waals surface area contributed by atoms with Crippen LogP contribution in [-0.4, -0.2) is 579 Å². The van der Waals surface area contributed by atoms with Crippen molar-refractivity contribution in [2.24, 2.45) is 0 Å². The van der Waals surface area contributed by atoms with Crippen LogP contribution in [0.2, 0.25) is 0 Å². The second-order valence-corrected chi connectivity index (χ2v) is 36.5. The molecule has 0 aliphatic carbocycles. The van der Waals surface area contributed by atoms with E-state index in [1.165, 1.54) is 30.3 Å². The van der Waals surface area contributed by atoms with Crippen LogP contribution in [0.3, 0.4) is 0 Å². The molecule has 0 radical (unpaired) electrons. The number of carbonyl (C=O) groups is 7. The molecule has 0 aromatic heterocycles. The summed E-state index contributed by atoms with van der Waals surface area (Å²) in [5.74, 6) is -6.65. The van der Waals surface area contributed by atoms with Gasteiger partial charge in [0.25, 0.3) is 17.7 Å². The van der Waals surface area contributed by atoms with E-state index in [-0.39, 0.29) is 87.1 Å². The molecule has 9 saturated heterocycles. The average Bonchev–Trinajstić information content (AvgIpc) is 0.772. The molecule has 2 aromatic carbocycles. The molecule has 9 fully saturated rings. The van der Waals surface area contributed by atoms with Crippen LogP contribution in [0.15, 0.2) is 36.4 Å². The van der Waals surface area contributed by atoms with Crippen molar-refractivity contribution < 1.29 is 276 Å². The van der Waals surface area contributed by atoms with Crippen molar-refractivity contribution in [3.8, 4) is 28.4 Å². The highest BCUT2D eigenvalue weighted by molar-refractivity contribution is 5.90. The first kappa shape index (κ1) is 123. The maximum Gasteiger partial charge on any atom is 0.335 e. The van der Waals surface area contributed by atoms with Gasteiger partial charge in [0.2, 0.25) is 17.7 Å². The molecule has 11 rings (SSSR count). The SMILES string of the molecule is CC(=O)N[C@H]1[C@H](OCCCNC(=O)COc2cc(OCC(=O)NCCCO[C@@H]3O[C@H](CO)[C@@H](O[C@@H]4O[C@H](CO)[C@H](O)[C@H](O[C@H]5O[C@H](CO)[C@H](O)[C@H](O)[C@H]5O)[C@H]4O)[C@H](O)[C@H]3NC(C)=O)cc(-c3cc(OCC(=O)NCCCO[C@@H]4O[C@H](CO)[C@@H](O[C@@H]5O[C@H](CO)[C@H](O)[C@H](O[C@H]6O[C@H](CO)[C@H](O)[C@H](O)[C@H]6O)[C@H]5O)[C@H](O)[C@H]4NC(C)=O)cc(C(=O)O)c3)c2)O[C@H](CO)[C@@H](O[C@@H]2O[C@H](CO)[C@H](O)[C@H](O[C@H]3O[C@H](CO)[C@H](O)[C@H](O)[C@H]3O)[C@H]2O)[C@@H]1O. The first-order valence-corrected chi connectivity index (χ1v) is 47.9. The Morgan fingerprint density at radius 2 is 0.487 bits per heavy atom. The number of nitrogens with one attached hydrogen (secondary N) is 6. The van der Waals surface area contributed by atoms with E-state index in [9.17, 15) is 177 Å². The minimum Gasteiger partial charge on any atom is -0.484 e. The van der Waals surface area contributed by atoms with Gasteiger partial charge in [-0.05, 0) is 60.7 Å². The number of carboxylic acid groups (broad SMARTS) is 1. The number of benzene rings is 2. The van der Waals surface area contributed by atoms with E-state index >= 15 is 0 Å². The number of hydrogen-bond donors (Lipinski definition) is 34. The predicted octanol–water partition coefficient (Wildman–Crippen LogP) is -19.5. The molecule has 9 heterocycles. The van der Waals surface area contributed by atoms with E-state index in [2.05, 4.69) is 31.9 Å². The number of aliphatic hydroxyl groups is 27. The highest BCUT2D eigenvalue weighted by Gasteiger charge is 2.60. The summed E-state index contributed by atoms with van der Waals surface area (Å²) in [6, 6.07) is 2.83. The van der Waals surface area contributed by atoms with Gasteiger partial charge in [0.1, 0.15) is 237 Å². The third-order valence-electron chi connectivity index (χ3n) is 25.7. The Labute approximate surface area is 851 Å². The third-order valence-corrected chi connectivity index (χ3v) is 25.7. The lowest BCUT2D eigenvalue weighted by Gasteiger charge is -2.48. The topological polar surface area (TPSA) is 952 Å². The zero-order valence-corrected chi connectivity index (χ0v) is 80.7. The highest BCUT2D eigenvalue weighted by Crippen LogP contribution is 2.41. The molecule has 6 amide bonds. The summed E-state index contributed by atoms with van der Waals surface area (Å²) in [6.07, 6.45) is -76.7. The molecule has 34 N–H and O–H groups in total. The Kier molecular flexibility index (Phi) is 46.8. The Balaban J connectivity index is 0.716. The number of carbonyl (C=O) groups excluding carboxylic acids is 6. The molecule has 854 valence electrons. The maximum absolute atomic E-state index is 13.6. The fraction of sp³-hybridized carbons (Fsp3) is 0.784. The normalized spacial score (nSPS) is 39.3. The number of carboxylic acids is 1. The molecular formula is C88H136N6O56. The van der Waals surface area contributed by atoms with Crippen molar-refractivity contribution >= 4 is 41.4 Å². The Morgan fingerprint density at radius 3 is 0.733 bits per heavy atom. The van der Waals surface area contributed by atoms with E-state index < -0.39 is 402 Å². The number of hydrogen-bond acceptors (Lipinski definition) is 55. The van der Waals surface area contributed by atoms with Gasteiger partial charge >= 0.3 is 5.97 Å². The lowest BCUT2D eigenvalue weighted by molar-refractivity contribution is -0.376. The van der Waals surface area contributed by atoms with Gasteiger partial charge in [-0.25, -0.2) is 4.79 Å². The van der Waals surface area contributed by atoms with Crippen molar-refractivity contribution in [3.05, 3.63) is 42.0 Å². The first-order valence-electron chi connectivity index (χ1n) is 47.9. The van der Waals surface area contributed by atoms with Crippen molar-refractivity contribution in [1.82, 2.24) is 31.9 Å². The monoisotopic (exact) mass is 2170 g/mol. The Bertz CT molecular complexity index is 4390. The fourth-order valence-electron chi connectivity index (χ4n) is 17.7. The van der Waals surface area contributed by atoms with Gasteiger partial charge in [-0.2, -0.15) is 0 Å². The molecule has 9 aliphatic rings. The summed E-state index contributed by atoms with van der Waals surface area (Å²) < 4.78 is 121. The standard InChI is InChI=1S/C88H136N6O56/c1-31(104)92-52-61(116)73(145-86-70(125)76(58(113)43(22-98)139-86)148-83-67(122)64(119)55(110)40(19-95)136-83)46(25-101)142-80(52)130-10-4-7-89-49(107)28-133-37-14-34(13-36(17-37)79(128)129)35-15-38(134-29-50(108)90-8-5-11-131-81-53(93-32(2)105)62(117)74(47(26-102)143-81)146-87-71(126)77(59(114)44(23-99)140-87)149-84-68(123)65(120)56(111)41(20-96)137-84)18-39(16-35)135-30-51(109)91-9-6-12-132-82-54(94-33(3)106)63(118)75(48(27-103)144-82)147-88-72(127)78(60(115)45(24-100)141-88)150-85-69(124)66(121)57(112)42(21-97)138-85/h13-18,40-48,52-78,80-88,95-103,110-127H,4-12,19-30H2,1-3H3,(H,89,107)(H,90,108)(H,91,109)(H,92,104)(H,93,105)(H,94,106)(H,128,129)/t40-,41-,42-,43-,44-,45-,46-,47-,48-,52-,53-,54-,55+,56+,57+,58+,59+,60+,61-,62-,63-,64+,65+,66+,67-,68-,69-,70-,71-,72-,73-,74-,75-,76+,77+,78+,80-,81-,82-,83-,84-,85-,86+,87+,88+/m1/s1. The van der Waals surface area contributed by atoms with Crippen LogP contribution in [0.1, 0.15) is 50.4 Å². The van der Waals surface area contributed by atoms with Gasteiger partial charge in [-0.3, -0.25) is 28.8 Å². The van der Waals surface area contributed by atoms with Crippen LogP contribution < -0.4 is 46.1 Å². The van der Waals surface area contributed by atoms with E-state index in [0.29, 0.717) is 0 Å². The molecule has 0 saturated carbocycles. The summed E-state index contributed by atoms with van der Waals surface area (Å²) in [6.45, 7) is -8.90. The molecule has 9 aliphatic heterocycles. The average molecular weight is 2170 g/mol. The third kappa shape index (κ3) is 30.8. The zero-order chi connectivity index (χ0) is 110. The lowest BCUT2D eigenvalue weighted by atomic mass is 9.95. The lowest BCUT2D eigenvalue weighted by Crippen LogP contribution is -2.68. The molecule has 45 atom stereocenters. The second-order valence-electron chi connectivity index (χ2n) is 36.5. The maximum atomic E-state index is 13.6. The summed E-state index contributed by atoms with van der Waals surface area (Å²) in [4.78, 5) is 91.4.